The van der Waals surface area contributed by atoms with Gasteiger partial charge in [-0.25, -0.2) is 0 Å². The average molecular weight is 508 g/mol. The van der Waals surface area contributed by atoms with Gasteiger partial charge in [-0.3, -0.25) is 14.5 Å². The van der Waals surface area contributed by atoms with Gasteiger partial charge in [-0.1, -0.05) is 35.9 Å². The summed E-state index contributed by atoms with van der Waals surface area (Å²) in [5.41, 5.74) is 1.90. The van der Waals surface area contributed by atoms with E-state index in [1.165, 1.54) is 11.0 Å². The van der Waals surface area contributed by atoms with Crippen molar-refractivity contribution in [3.63, 3.8) is 0 Å². The monoisotopic (exact) mass is 507 g/mol. The number of Topliss-reactive ketones (excluding diaryl/α,β-unsaturated/α-hetero) is 1. The summed E-state index contributed by atoms with van der Waals surface area (Å²) in [6.07, 6.45) is 0. The zero-order chi connectivity index (χ0) is 26.0. The van der Waals surface area contributed by atoms with Crippen LogP contribution < -0.4 is 14.4 Å². The predicted octanol–water partition coefficient (Wildman–Crippen LogP) is 5.78. The average Bonchev–Trinajstić information content (AvgIpc) is 3.12. The lowest BCUT2D eigenvalue weighted by molar-refractivity contribution is -0.132. The van der Waals surface area contributed by atoms with Crippen LogP contribution in [0.3, 0.4) is 0 Å². The molecule has 0 saturated carbocycles. The molecule has 2 N–H and O–H groups in total. The van der Waals surface area contributed by atoms with Crippen LogP contribution in [0.4, 0.5) is 5.69 Å². The van der Waals surface area contributed by atoms with Crippen LogP contribution in [0.5, 0.6) is 17.2 Å². The molecule has 1 aliphatic rings. The fraction of sp³-hybridized carbons (Fsp3) is 0.214. The summed E-state index contributed by atoms with van der Waals surface area (Å²) in [6.45, 7) is 6.17. The topological polar surface area (TPSA) is 96.3 Å². The second-order valence-electron chi connectivity index (χ2n) is 8.22. The molecule has 36 heavy (non-hydrogen) atoms. The fourth-order valence-electron chi connectivity index (χ4n) is 4.17. The zero-order valence-electron chi connectivity index (χ0n) is 20.1. The second-order valence-corrected chi connectivity index (χ2v) is 8.63. The number of aryl methyl sites for hydroxylation is 1. The molecule has 0 radical (unpaired) electrons. The van der Waals surface area contributed by atoms with E-state index in [0.717, 1.165) is 5.56 Å². The minimum absolute atomic E-state index is 0.0830. The molecule has 0 spiro atoms. The van der Waals surface area contributed by atoms with Gasteiger partial charge in [-0.15, -0.1) is 0 Å². The molecule has 1 fully saturated rings. The molecule has 1 saturated heterocycles. The van der Waals surface area contributed by atoms with Gasteiger partial charge in [0, 0.05) is 16.3 Å². The van der Waals surface area contributed by atoms with Crippen LogP contribution in [0.2, 0.25) is 5.02 Å². The molecule has 3 aromatic rings. The Morgan fingerprint density at radius 2 is 1.75 bits per heavy atom. The number of anilines is 1. The van der Waals surface area contributed by atoms with E-state index in [1.54, 1.807) is 61.5 Å². The van der Waals surface area contributed by atoms with Crippen molar-refractivity contribution in [3.05, 3.63) is 87.9 Å². The van der Waals surface area contributed by atoms with Crippen molar-refractivity contribution in [1.82, 2.24) is 0 Å². The van der Waals surface area contributed by atoms with E-state index in [4.69, 9.17) is 21.1 Å². The number of halogens is 1. The number of aliphatic hydroxyl groups excluding tert-OH is 1. The molecule has 4 rings (SSSR count). The van der Waals surface area contributed by atoms with Gasteiger partial charge < -0.3 is 19.7 Å². The maximum Gasteiger partial charge on any atom is 0.300 e. The van der Waals surface area contributed by atoms with Crippen molar-refractivity contribution in [2.45, 2.75) is 26.8 Å². The van der Waals surface area contributed by atoms with Gasteiger partial charge in [0.15, 0.2) is 11.5 Å². The molecular formula is C28H26ClNO6. The molecular weight excluding hydrogens is 482 g/mol. The van der Waals surface area contributed by atoms with E-state index in [0.29, 0.717) is 40.8 Å². The third-order valence-corrected chi connectivity index (χ3v) is 6.30. The highest BCUT2D eigenvalue weighted by Crippen LogP contribution is 2.44. The highest BCUT2D eigenvalue weighted by Gasteiger charge is 2.47. The molecule has 1 atom stereocenters. The number of amides is 1. The number of benzene rings is 3. The number of phenolic OH excluding ortho intramolecular Hbond substituents is 1. The maximum atomic E-state index is 13.4. The summed E-state index contributed by atoms with van der Waals surface area (Å²) in [5, 5.41) is 22.0. The first-order chi connectivity index (χ1) is 17.3. The summed E-state index contributed by atoms with van der Waals surface area (Å²) in [6, 6.07) is 15.3. The van der Waals surface area contributed by atoms with Gasteiger partial charge in [-0.2, -0.15) is 0 Å². The summed E-state index contributed by atoms with van der Waals surface area (Å²) >= 11 is 6.35. The Kier molecular flexibility index (Phi) is 7.22. The number of phenols is 1. The van der Waals surface area contributed by atoms with Crippen molar-refractivity contribution < 1.29 is 29.3 Å². The van der Waals surface area contributed by atoms with Gasteiger partial charge in [0.05, 0.1) is 24.8 Å². The fourth-order valence-corrected chi connectivity index (χ4v) is 4.35. The van der Waals surface area contributed by atoms with Crippen LogP contribution in [0.15, 0.2) is 66.2 Å². The quantitative estimate of drug-likeness (QED) is 0.239. The molecule has 1 aliphatic heterocycles. The Labute approximate surface area is 214 Å². The summed E-state index contributed by atoms with van der Waals surface area (Å²) in [7, 11) is 0. The standard InChI is InChI=1S/C28H26ClNO6/c1-4-35-20-8-6-7-18(13-20)26(32)24-25(17-10-12-22(31)23(14-17)36-5-2)30(28(34)27(24)33)19-11-9-16(3)21(29)15-19/h6-15,25,31-32H,4-5H2,1-3H3/b26-24+. The molecule has 1 amide bonds. The third kappa shape index (κ3) is 4.62. The second kappa shape index (κ2) is 10.3. The molecule has 186 valence electrons. The number of rotatable bonds is 7. The lowest BCUT2D eigenvalue weighted by Crippen LogP contribution is -2.29. The normalized spacial score (nSPS) is 16.9. The van der Waals surface area contributed by atoms with Crippen LogP contribution in [-0.2, 0) is 9.59 Å². The van der Waals surface area contributed by atoms with E-state index in [2.05, 4.69) is 0 Å². The lowest BCUT2D eigenvalue weighted by atomic mass is 9.94. The molecule has 7 nitrogen and oxygen atoms in total. The number of aliphatic hydroxyl groups is 1. The summed E-state index contributed by atoms with van der Waals surface area (Å²) in [5.74, 6) is -1.37. The largest absolute Gasteiger partial charge is 0.507 e. The van der Waals surface area contributed by atoms with Gasteiger partial charge in [0.25, 0.3) is 11.7 Å². The Bertz CT molecular complexity index is 1370. The maximum absolute atomic E-state index is 13.4. The number of aromatic hydroxyl groups is 1. The van der Waals surface area contributed by atoms with Crippen LogP contribution in [-0.4, -0.2) is 35.1 Å². The number of carbonyl (C=O) groups is 2. The van der Waals surface area contributed by atoms with E-state index in [9.17, 15) is 19.8 Å². The number of nitrogens with zero attached hydrogens (tertiary/aromatic N) is 1. The van der Waals surface area contributed by atoms with Crippen LogP contribution >= 0.6 is 11.6 Å². The van der Waals surface area contributed by atoms with Crippen LogP contribution in [0.1, 0.15) is 36.6 Å². The van der Waals surface area contributed by atoms with Crippen molar-refractivity contribution in [3.8, 4) is 17.2 Å². The molecule has 0 aromatic heterocycles. The van der Waals surface area contributed by atoms with Crippen molar-refractivity contribution in [2.75, 3.05) is 18.1 Å². The van der Waals surface area contributed by atoms with Gasteiger partial charge in [-0.05, 0) is 68.3 Å². The SMILES string of the molecule is CCOc1cccc(/C(O)=C2\C(=O)C(=O)N(c3ccc(C)c(Cl)c3)C2c2ccc(O)c(OCC)c2)c1. The number of carbonyl (C=O) groups excluding carboxylic acids is 2. The Hall–Kier alpha value is -3.97. The number of hydrogen-bond donors (Lipinski definition) is 2. The first kappa shape index (κ1) is 25.1. The highest BCUT2D eigenvalue weighted by atomic mass is 35.5. The van der Waals surface area contributed by atoms with Crippen molar-refractivity contribution >= 4 is 34.7 Å². The predicted molar refractivity (Wildman–Crippen MR) is 138 cm³/mol. The van der Waals surface area contributed by atoms with E-state index < -0.39 is 17.7 Å². The first-order valence-electron chi connectivity index (χ1n) is 11.5. The Morgan fingerprint density at radius 3 is 2.44 bits per heavy atom. The highest BCUT2D eigenvalue weighted by molar-refractivity contribution is 6.51. The van der Waals surface area contributed by atoms with E-state index in [-0.39, 0.29) is 22.8 Å². The van der Waals surface area contributed by atoms with Crippen molar-refractivity contribution in [2.24, 2.45) is 0 Å². The van der Waals surface area contributed by atoms with E-state index in [1.807, 2.05) is 13.8 Å². The van der Waals surface area contributed by atoms with E-state index >= 15 is 0 Å². The van der Waals surface area contributed by atoms with Gasteiger partial charge in [0.2, 0.25) is 0 Å². The molecule has 3 aromatic carbocycles. The van der Waals surface area contributed by atoms with Gasteiger partial charge >= 0.3 is 0 Å². The summed E-state index contributed by atoms with van der Waals surface area (Å²) < 4.78 is 11.1. The summed E-state index contributed by atoms with van der Waals surface area (Å²) in [4.78, 5) is 28.0. The van der Waals surface area contributed by atoms with Crippen LogP contribution in [0, 0.1) is 6.92 Å². The minimum Gasteiger partial charge on any atom is -0.507 e. The lowest BCUT2D eigenvalue weighted by Gasteiger charge is -2.26. The third-order valence-electron chi connectivity index (χ3n) is 5.90. The number of hydrogen-bond acceptors (Lipinski definition) is 6. The minimum atomic E-state index is -1.00. The van der Waals surface area contributed by atoms with Gasteiger partial charge in [0.1, 0.15) is 11.5 Å². The molecule has 1 heterocycles. The van der Waals surface area contributed by atoms with Crippen molar-refractivity contribution in [1.29, 1.82) is 0 Å². The molecule has 0 aliphatic carbocycles. The molecule has 1 unspecified atom stereocenters. The Balaban J connectivity index is 1.95. The first-order valence-corrected chi connectivity index (χ1v) is 11.9. The number of ketones is 1. The zero-order valence-corrected chi connectivity index (χ0v) is 20.9. The molecule has 8 heteroatoms. The smallest absolute Gasteiger partial charge is 0.300 e. The molecule has 0 bridgehead atoms. The number of ether oxygens (including phenoxy) is 2. The van der Waals surface area contributed by atoms with Crippen LogP contribution in [0.25, 0.3) is 5.76 Å². The Morgan fingerprint density at radius 1 is 1.00 bits per heavy atom.